The first-order valence-corrected chi connectivity index (χ1v) is 11.2. The second kappa shape index (κ2) is 9.60. The molecular weight excluding hydrogens is 388 g/mol. The van der Waals surface area contributed by atoms with Crippen LogP contribution in [-0.4, -0.2) is 87.6 Å². The number of anilines is 1. The maximum atomic E-state index is 12.6. The lowest BCUT2D eigenvalue weighted by molar-refractivity contribution is -0.133. The number of aromatic nitrogens is 2. The van der Waals surface area contributed by atoms with E-state index in [9.17, 15) is 9.59 Å². The van der Waals surface area contributed by atoms with Gasteiger partial charge in [0.2, 0.25) is 11.8 Å². The zero-order valence-electron chi connectivity index (χ0n) is 16.7. The topological polar surface area (TPSA) is 81.7 Å². The summed E-state index contributed by atoms with van der Waals surface area (Å²) in [5.41, 5.74) is 2.25. The molecule has 0 bridgehead atoms. The number of likely N-dealkylation sites (tertiary alicyclic amines) is 1. The van der Waals surface area contributed by atoms with Crippen molar-refractivity contribution in [2.24, 2.45) is 0 Å². The lowest BCUT2D eigenvalue weighted by atomic mass is 10.2. The molecule has 2 aromatic rings. The van der Waals surface area contributed by atoms with Crippen molar-refractivity contribution >= 4 is 40.3 Å². The van der Waals surface area contributed by atoms with E-state index in [4.69, 9.17) is 0 Å². The molecule has 1 aromatic carbocycles. The zero-order valence-corrected chi connectivity index (χ0v) is 17.5. The molecule has 9 heteroatoms. The largest absolute Gasteiger partial charge is 0.342 e. The second-order valence-electron chi connectivity index (χ2n) is 7.83. The first kappa shape index (κ1) is 20.2. The van der Waals surface area contributed by atoms with Gasteiger partial charge in [-0.15, -0.1) is 0 Å². The number of nitrogens with zero attached hydrogens (tertiary/aromatic N) is 5. The predicted octanol–water partition coefficient (Wildman–Crippen LogP) is 1.65. The van der Waals surface area contributed by atoms with Gasteiger partial charge in [-0.3, -0.25) is 19.4 Å². The molecule has 0 saturated carbocycles. The molecule has 4 rings (SSSR count). The van der Waals surface area contributed by atoms with Crippen LogP contribution in [0.3, 0.4) is 0 Å². The monoisotopic (exact) mass is 416 g/mol. The van der Waals surface area contributed by atoms with E-state index in [0.717, 1.165) is 74.9 Å². The number of amides is 2. The Labute approximate surface area is 175 Å². The van der Waals surface area contributed by atoms with E-state index < -0.39 is 0 Å². The van der Waals surface area contributed by atoms with Crippen LogP contribution in [0.4, 0.5) is 5.69 Å². The summed E-state index contributed by atoms with van der Waals surface area (Å²) >= 11 is 1.15. The Balaban J connectivity index is 1.22. The minimum atomic E-state index is -0.0420. The highest BCUT2D eigenvalue weighted by Gasteiger charge is 2.23. The van der Waals surface area contributed by atoms with E-state index in [-0.39, 0.29) is 11.8 Å². The molecule has 2 fully saturated rings. The van der Waals surface area contributed by atoms with Gasteiger partial charge in [0.05, 0.1) is 30.5 Å². The van der Waals surface area contributed by atoms with Gasteiger partial charge in [-0.05, 0) is 25.0 Å². The van der Waals surface area contributed by atoms with Crippen LogP contribution < -0.4 is 5.32 Å². The second-order valence-corrected chi connectivity index (χ2v) is 8.36. The Kier molecular flexibility index (Phi) is 6.68. The van der Waals surface area contributed by atoms with Gasteiger partial charge in [-0.25, -0.2) is 0 Å². The van der Waals surface area contributed by atoms with Crippen LogP contribution in [0.15, 0.2) is 18.2 Å². The molecule has 2 amide bonds. The number of fused-ring (bicyclic) bond motifs is 1. The minimum absolute atomic E-state index is 0.0420. The predicted molar refractivity (Wildman–Crippen MR) is 114 cm³/mol. The highest BCUT2D eigenvalue weighted by atomic mass is 32.1. The Morgan fingerprint density at radius 3 is 2.31 bits per heavy atom. The van der Waals surface area contributed by atoms with Crippen LogP contribution in [0.1, 0.15) is 25.7 Å². The van der Waals surface area contributed by atoms with E-state index in [1.807, 2.05) is 23.1 Å². The summed E-state index contributed by atoms with van der Waals surface area (Å²) in [7, 11) is 0. The standard InChI is InChI=1S/C20H28N6O2S/c27-18(21-16-6-5-7-17-20(16)23-29-22-17)14-24-10-12-25(13-11-24)15-19(28)26-8-3-1-2-4-9-26/h5-7H,1-4,8-15H2,(H,21,27). The number of hydrogen-bond donors (Lipinski definition) is 1. The molecule has 0 unspecified atom stereocenters. The molecule has 3 heterocycles. The fourth-order valence-electron chi connectivity index (χ4n) is 4.02. The van der Waals surface area contributed by atoms with Crippen molar-refractivity contribution in [3.63, 3.8) is 0 Å². The molecule has 0 spiro atoms. The van der Waals surface area contributed by atoms with Gasteiger partial charge in [-0.1, -0.05) is 18.9 Å². The smallest absolute Gasteiger partial charge is 0.238 e. The summed E-state index contributed by atoms with van der Waals surface area (Å²) in [5, 5.41) is 2.96. The number of rotatable bonds is 5. The lowest BCUT2D eigenvalue weighted by Crippen LogP contribution is -2.51. The summed E-state index contributed by atoms with van der Waals surface area (Å²) < 4.78 is 8.47. The highest BCUT2D eigenvalue weighted by Crippen LogP contribution is 2.21. The zero-order chi connectivity index (χ0) is 20.1. The van der Waals surface area contributed by atoms with Crippen molar-refractivity contribution in [2.45, 2.75) is 25.7 Å². The third-order valence-corrected chi connectivity index (χ3v) is 6.25. The minimum Gasteiger partial charge on any atom is -0.342 e. The van der Waals surface area contributed by atoms with Crippen molar-refractivity contribution in [2.75, 3.05) is 57.7 Å². The van der Waals surface area contributed by atoms with Crippen LogP contribution >= 0.6 is 11.7 Å². The van der Waals surface area contributed by atoms with E-state index in [1.165, 1.54) is 12.8 Å². The maximum absolute atomic E-state index is 12.6. The summed E-state index contributed by atoms with van der Waals surface area (Å²) in [6, 6.07) is 5.62. The Morgan fingerprint density at radius 2 is 1.59 bits per heavy atom. The number of nitrogens with one attached hydrogen (secondary N) is 1. The molecule has 0 radical (unpaired) electrons. The van der Waals surface area contributed by atoms with Crippen LogP contribution in [0.2, 0.25) is 0 Å². The van der Waals surface area contributed by atoms with Gasteiger partial charge in [0.1, 0.15) is 11.0 Å². The summed E-state index contributed by atoms with van der Waals surface area (Å²) in [6.07, 6.45) is 4.72. The Hall–Kier alpha value is -2.10. The number of hydrogen-bond acceptors (Lipinski definition) is 7. The molecule has 156 valence electrons. The summed E-state index contributed by atoms with van der Waals surface area (Å²) in [4.78, 5) is 31.4. The van der Waals surface area contributed by atoms with Crippen molar-refractivity contribution < 1.29 is 9.59 Å². The van der Waals surface area contributed by atoms with Crippen LogP contribution in [0.5, 0.6) is 0 Å². The number of carbonyl (C=O) groups is 2. The number of carbonyl (C=O) groups excluding carboxylic acids is 2. The van der Waals surface area contributed by atoms with E-state index >= 15 is 0 Å². The molecule has 1 aromatic heterocycles. The van der Waals surface area contributed by atoms with Crippen molar-refractivity contribution in [1.82, 2.24) is 23.4 Å². The molecule has 0 aliphatic carbocycles. The quantitative estimate of drug-likeness (QED) is 0.798. The SMILES string of the molecule is O=C(CN1CCN(CC(=O)N2CCCCCC2)CC1)Nc1cccc2nsnc12. The third kappa shape index (κ3) is 5.29. The van der Waals surface area contributed by atoms with Gasteiger partial charge in [0.15, 0.2) is 0 Å². The van der Waals surface area contributed by atoms with Gasteiger partial charge >= 0.3 is 0 Å². The molecule has 29 heavy (non-hydrogen) atoms. The Bertz CT molecular complexity index is 840. The molecule has 1 N–H and O–H groups in total. The fraction of sp³-hybridized carbons (Fsp3) is 0.600. The van der Waals surface area contributed by atoms with Gasteiger partial charge in [-0.2, -0.15) is 8.75 Å². The highest BCUT2D eigenvalue weighted by molar-refractivity contribution is 7.00. The normalized spacial score (nSPS) is 19.2. The van der Waals surface area contributed by atoms with Crippen molar-refractivity contribution in [3.8, 4) is 0 Å². The molecular formula is C20H28N6O2S. The summed E-state index contributed by atoms with van der Waals surface area (Å²) in [6.45, 7) is 5.88. The number of benzene rings is 1. The molecule has 0 atom stereocenters. The van der Waals surface area contributed by atoms with Crippen molar-refractivity contribution in [1.29, 1.82) is 0 Å². The van der Waals surface area contributed by atoms with Crippen LogP contribution in [0.25, 0.3) is 11.0 Å². The average Bonchev–Trinajstić information content (AvgIpc) is 3.04. The molecule has 8 nitrogen and oxygen atoms in total. The Morgan fingerprint density at radius 1 is 0.897 bits per heavy atom. The average molecular weight is 417 g/mol. The van der Waals surface area contributed by atoms with Gasteiger partial charge in [0, 0.05) is 39.3 Å². The number of piperazine rings is 1. The van der Waals surface area contributed by atoms with Crippen LogP contribution in [-0.2, 0) is 9.59 Å². The fourth-order valence-corrected chi connectivity index (χ4v) is 4.57. The lowest BCUT2D eigenvalue weighted by Gasteiger charge is -2.35. The van der Waals surface area contributed by atoms with Gasteiger partial charge in [0.25, 0.3) is 0 Å². The van der Waals surface area contributed by atoms with E-state index in [0.29, 0.717) is 18.8 Å². The molecule has 2 aliphatic heterocycles. The van der Waals surface area contributed by atoms with Crippen LogP contribution in [0, 0.1) is 0 Å². The maximum Gasteiger partial charge on any atom is 0.238 e. The van der Waals surface area contributed by atoms with E-state index in [2.05, 4.69) is 23.9 Å². The molecule has 2 saturated heterocycles. The molecule has 2 aliphatic rings. The van der Waals surface area contributed by atoms with E-state index in [1.54, 1.807) is 0 Å². The summed E-state index contributed by atoms with van der Waals surface area (Å²) in [5.74, 6) is 0.211. The first-order valence-electron chi connectivity index (χ1n) is 10.4. The first-order chi connectivity index (χ1) is 14.2. The third-order valence-electron chi connectivity index (χ3n) is 5.71. The van der Waals surface area contributed by atoms with Gasteiger partial charge < -0.3 is 10.2 Å². The van der Waals surface area contributed by atoms with Crippen molar-refractivity contribution in [3.05, 3.63) is 18.2 Å².